The van der Waals surface area contributed by atoms with Gasteiger partial charge in [-0.25, -0.2) is 9.07 Å². The molecule has 7 heteroatoms. The Morgan fingerprint density at radius 3 is 2.31 bits per heavy atom. The first-order valence-corrected chi connectivity index (χ1v) is 12.6. The third-order valence-corrected chi connectivity index (χ3v) is 5.47. The maximum Gasteiger partial charge on any atom is 0.227 e. The molecule has 0 bridgehead atoms. The molecule has 0 saturated heterocycles. The fourth-order valence-electron chi connectivity index (χ4n) is 3.22. The van der Waals surface area contributed by atoms with Gasteiger partial charge in [-0.1, -0.05) is 78.3 Å². The lowest BCUT2D eigenvalue weighted by molar-refractivity contribution is -0.122. The van der Waals surface area contributed by atoms with Crippen molar-refractivity contribution >= 4 is 17.5 Å². The molecule has 0 aliphatic rings. The minimum absolute atomic E-state index is 0.121. The van der Waals surface area contributed by atoms with Crippen molar-refractivity contribution in [1.29, 1.82) is 0 Å². The first-order valence-electron chi connectivity index (χ1n) is 12.2. The van der Waals surface area contributed by atoms with Gasteiger partial charge in [0.1, 0.15) is 5.82 Å². The Kier molecular flexibility index (Phi) is 12.1. The SMILES string of the molecule is CC.CC.CC(C(=O)NCc1cc(C(C)(C)C)nn1-c1cccc(Cl)c1)c1ccc(CN)c(F)c1. The van der Waals surface area contributed by atoms with Crippen molar-refractivity contribution in [2.24, 2.45) is 5.73 Å². The van der Waals surface area contributed by atoms with Crippen LogP contribution >= 0.6 is 11.6 Å². The Labute approximate surface area is 214 Å². The van der Waals surface area contributed by atoms with E-state index in [-0.39, 0.29) is 24.4 Å². The molecule has 192 valence electrons. The zero-order chi connectivity index (χ0) is 26.8. The molecule has 1 aromatic heterocycles. The summed E-state index contributed by atoms with van der Waals surface area (Å²) in [5.74, 6) is -1.10. The van der Waals surface area contributed by atoms with Gasteiger partial charge in [-0.3, -0.25) is 4.79 Å². The maximum atomic E-state index is 14.1. The predicted molar refractivity (Wildman–Crippen MR) is 145 cm³/mol. The van der Waals surface area contributed by atoms with Gasteiger partial charge in [-0.2, -0.15) is 5.10 Å². The standard InChI is InChI=1S/C24H28ClFN4O.2C2H6/c1-15(16-8-9-17(13-27)21(26)10-16)23(31)28-14-20-12-22(24(2,3)4)29-30(20)19-7-5-6-18(25)11-19;2*1-2/h5-12,15H,13-14,27H2,1-4H3,(H,28,31);2*1-2H3. The number of nitrogens with one attached hydrogen (secondary N) is 1. The summed E-state index contributed by atoms with van der Waals surface area (Å²) in [4.78, 5) is 12.8. The van der Waals surface area contributed by atoms with Gasteiger partial charge in [0.25, 0.3) is 0 Å². The van der Waals surface area contributed by atoms with Gasteiger partial charge in [0.15, 0.2) is 0 Å². The van der Waals surface area contributed by atoms with Crippen LogP contribution in [0.15, 0.2) is 48.5 Å². The highest BCUT2D eigenvalue weighted by Crippen LogP contribution is 2.25. The lowest BCUT2D eigenvalue weighted by atomic mass is 9.92. The average Bonchev–Trinajstić information content (AvgIpc) is 3.29. The number of carbonyl (C=O) groups excluding carboxylic acids is 1. The molecule has 35 heavy (non-hydrogen) atoms. The molecule has 0 aliphatic carbocycles. The van der Waals surface area contributed by atoms with Crippen LogP contribution in [0.5, 0.6) is 0 Å². The highest BCUT2D eigenvalue weighted by molar-refractivity contribution is 6.30. The quantitative estimate of drug-likeness (QED) is 0.385. The third kappa shape index (κ3) is 8.18. The van der Waals surface area contributed by atoms with Crippen LogP contribution in [-0.4, -0.2) is 15.7 Å². The minimum Gasteiger partial charge on any atom is -0.350 e. The largest absolute Gasteiger partial charge is 0.350 e. The predicted octanol–water partition coefficient (Wildman–Crippen LogP) is 6.89. The van der Waals surface area contributed by atoms with E-state index in [1.54, 1.807) is 29.8 Å². The van der Waals surface area contributed by atoms with Crippen molar-refractivity contribution in [1.82, 2.24) is 15.1 Å². The molecular formula is C28H40ClFN4O. The van der Waals surface area contributed by atoms with Crippen LogP contribution in [0.1, 0.15) is 83.8 Å². The third-order valence-electron chi connectivity index (χ3n) is 5.24. The maximum absolute atomic E-state index is 14.1. The highest BCUT2D eigenvalue weighted by atomic mass is 35.5. The molecule has 1 heterocycles. The number of benzene rings is 2. The first kappa shape index (κ1) is 30.3. The van der Waals surface area contributed by atoms with Crippen molar-refractivity contribution in [2.75, 3.05) is 0 Å². The molecule has 2 aromatic carbocycles. The molecular weight excluding hydrogens is 463 g/mol. The van der Waals surface area contributed by atoms with E-state index in [0.717, 1.165) is 17.1 Å². The molecule has 0 aliphatic heterocycles. The second-order valence-electron chi connectivity index (χ2n) is 8.66. The molecule has 3 N–H and O–H groups in total. The Bertz CT molecular complexity index is 1090. The Morgan fingerprint density at radius 1 is 1.11 bits per heavy atom. The average molecular weight is 503 g/mol. The van der Waals surface area contributed by atoms with Crippen LogP contribution in [0.25, 0.3) is 5.69 Å². The number of amides is 1. The normalized spacial score (nSPS) is 11.5. The molecule has 1 unspecified atom stereocenters. The van der Waals surface area contributed by atoms with E-state index >= 15 is 0 Å². The molecule has 0 spiro atoms. The molecule has 3 aromatic rings. The monoisotopic (exact) mass is 502 g/mol. The lowest BCUT2D eigenvalue weighted by Crippen LogP contribution is -2.28. The first-order chi connectivity index (χ1) is 16.6. The van der Waals surface area contributed by atoms with Crippen LogP contribution in [-0.2, 0) is 23.3 Å². The smallest absolute Gasteiger partial charge is 0.227 e. The summed E-state index contributed by atoms with van der Waals surface area (Å²) in [6, 6.07) is 14.1. The molecule has 0 saturated carbocycles. The fourth-order valence-corrected chi connectivity index (χ4v) is 3.41. The fraction of sp³-hybridized carbons (Fsp3) is 0.429. The number of hydrogen-bond acceptors (Lipinski definition) is 3. The van der Waals surface area contributed by atoms with Gasteiger partial charge in [0, 0.05) is 22.5 Å². The highest BCUT2D eigenvalue weighted by Gasteiger charge is 2.22. The Balaban J connectivity index is 0.00000145. The second kappa shape index (κ2) is 14.0. The molecule has 5 nitrogen and oxygen atoms in total. The number of nitrogens with zero attached hydrogens (tertiary/aromatic N) is 2. The lowest BCUT2D eigenvalue weighted by Gasteiger charge is -2.14. The molecule has 0 radical (unpaired) electrons. The van der Waals surface area contributed by atoms with Crippen molar-refractivity contribution < 1.29 is 9.18 Å². The Morgan fingerprint density at radius 2 is 1.77 bits per heavy atom. The van der Waals surface area contributed by atoms with Gasteiger partial charge in [0.2, 0.25) is 5.91 Å². The van der Waals surface area contributed by atoms with Crippen molar-refractivity contribution in [3.05, 3.63) is 81.9 Å². The number of rotatable bonds is 6. The van der Waals surface area contributed by atoms with E-state index in [4.69, 9.17) is 22.4 Å². The van der Waals surface area contributed by atoms with Crippen molar-refractivity contribution in [3.63, 3.8) is 0 Å². The summed E-state index contributed by atoms with van der Waals surface area (Å²) >= 11 is 6.17. The summed E-state index contributed by atoms with van der Waals surface area (Å²) < 4.78 is 15.9. The number of nitrogens with two attached hydrogens (primary N) is 1. The number of hydrogen-bond donors (Lipinski definition) is 2. The van der Waals surface area contributed by atoms with E-state index < -0.39 is 11.7 Å². The van der Waals surface area contributed by atoms with E-state index in [9.17, 15) is 9.18 Å². The van der Waals surface area contributed by atoms with Gasteiger partial charge >= 0.3 is 0 Å². The summed E-state index contributed by atoms with van der Waals surface area (Å²) in [5.41, 5.74) is 8.95. The molecule has 0 fully saturated rings. The summed E-state index contributed by atoms with van der Waals surface area (Å²) in [6.07, 6.45) is 0. The molecule has 1 atom stereocenters. The Hall–Kier alpha value is -2.70. The molecule has 1 amide bonds. The topological polar surface area (TPSA) is 72.9 Å². The van der Waals surface area contributed by atoms with Crippen LogP contribution in [0.4, 0.5) is 4.39 Å². The van der Waals surface area contributed by atoms with E-state index in [1.165, 1.54) is 6.07 Å². The molecule has 3 rings (SSSR count). The number of aromatic nitrogens is 2. The minimum atomic E-state index is -0.508. The zero-order valence-electron chi connectivity index (χ0n) is 22.2. The van der Waals surface area contributed by atoms with Crippen molar-refractivity contribution in [2.45, 2.75) is 79.8 Å². The number of carbonyl (C=O) groups is 1. The summed E-state index contributed by atoms with van der Waals surface area (Å²) in [5, 5.41) is 8.31. The van der Waals surface area contributed by atoms with Gasteiger partial charge < -0.3 is 11.1 Å². The van der Waals surface area contributed by atoms with Crippen LogP contribution in [0, 0.1) is 5.82 Å². The van der Waals surface area contributed by atoms with Gasteiger partial charge in [0.05, 0.1) is 29.5 Å². The van der Waals surface area contributed by atoms with E-state index in [1.807, 2.05) is 52.0 Å². The van der Waals surface area contributed by atoms with Crippen LogP contribution < -0.4 is 11.1 Å². The van der Waals surface area contributed by atoms with Crippen molar-refractivity contribution in [3.8, 4) is 5.69 Å². The van der Waals surface area contributed by atoms with Gasteiger partial charge in [-0.15, -0.1) is 0 Å². The zero-order valence-corrected chi connectivity index (χ0v) is 23.0. The van der Waals surface area contributed by atoms with Crippen LogP contribution in [0.3, 0.4) is 0 Å². The number of halogens is 2. The second-order valence-corrected chi connectivity index (χ2v) is 9.09. The van der Waals surface area contributed by atoms with E-state index in [0.29, 0.717) is 16.1 Å². The van der Waals surface area contributed by atoms with Gasteiger partial charge in [-0.05, 0) is 42.8 Å². The van der Waals surface area contributed by atoms with E-state index in [2.05, 4.69) is 26.1 Å². The summed E-state index contributed by atoms with van der Waals surface area (Å²) in [6.45, 7) is 16.4. The van der Waals surface area contributed by atoms with Crippen LogP contribution in [0.2, 0.25) is 5.02 Å². The summed E-state index contributed by atoms with van der Waals surface area (Å²) in [7, 11) is 0.